The summed E-state index contributed by atoms with van der Waals surface area (Å²) in [6, 6.07) is 0. The Labute approximate surface area is 99.6 Å². The quantitative estimate of drug-likeness (QED) is 0.597. The van der Waals surface area contributed by atoms with Crippen LogP contribution < -0.4 is 5.32 Å². The van der Waals surface area contributed by atoms with Crippen molar-refractivity contribution in [1.82, 2.24) is 5.32 Å². The van der Waals surface area contributed by atoms with Gasteiger partial charge in [-0.25, -0.2) is 0 Å². The minimum atomic E-state index is -0.265. The maximum absolute atomic E-state index is 11.8. The van der Waals surface area contributed by atoms with Crippen LogP contribution in [0.4, 0.5) is 0 Å². The van der Waals surface area contributed by atoms with E-state index in [0.717, 1.165) is 38.5 Å². The van der Waals surface area contributed by atoms with Crippen LogP contribution in [0.1, 0.15) is 59.3 Å². The lowest BCUT2D eigenvalue weighted by Crippen LogP contribution is -2.31. The van der Waals surface area contributed by atoms with E-state index < -0.39 is 0 Å². The van der Waals surface area contributed by atoms with Gasteiger partial charge in [-0.2, -0.15) is 0 Å². The Hall–Kier alpha value is -0.570. The fourth-order valence-corrected chi connectivity index (χ4v) is 1.72. The highest BCUT2D eigenvalue weighted by Crippen LogP contribution is 2.12. The maximum atomic E-state index is 11.8. The summed E-state index contributed by atoms with van der Waals surface area (Å²) in [5, 5.41) is 12.0. The van der Waals surface area contributed by atoms with Crippen LogP contribution in [-0.2, 0) is 4.79 Å². The Kier molecular flexibility index (Phi) is 9.30. The number of carbonyl (C=O) groups excluding carboxylic acids is 1. The average molecular weight is 229 g/mol. The third-order valence-corrected chi connectivity index (χ3v) is 2.87. The summed E-state index contributed by atoms with van der Waals surface area (Å²) >= 11 is 0. The van der Waals surface area contributed by atoms with E-state index in [9.17, 15) is 4.79 Å². The predicted octanol–water partition coefficient (Wildman–Crippen LogP) is 2.48. The van der Waals surface area contributed by atoms with Crippen LogP contribution in [0.2, 0.25) is 0 Å². The summed E-state index contributed by atoms with van der Waals surface area (Å²) in [5.41, 5.74) is 0. The lowest BCUT2D eigenvalue weighted by molar-refractivity contribution is -0.125. The Bertz CT molecular complexity index is 181. The van der Waals surface area contributed by atoms with Crippen LogP contribution in [-0.4, -0.2) is 23.7 Å². The molecule has 0 aromatic rings. The first kappa shape index (κ1) is 15.4. The Morgan fingerprint density at radius 2 is 1.94 bits per heavy atom. The van der Waals surface area contributed by atoms with Crippen LogP contribution in [0.5, 0.6) is 0 Å². The molecule has 0 heterocycles. The molecule has 2 unspecified atom stereocenters. The van der Waals surface area contributed by atoms with Crippen molar-refractivity contribution < 1.29 is 9.90 Å². The first-order chi connectivity index (χ1) is 7.61. The van der Waals surface area contributed by atoms with E-state index in [4.69, 9.17) is 5.11 Å². The molecular formula is C13H27NO2. The van der Waals surface area contributed by atoms with Gasteiger partial charge in [-0.05, 0) is 32.6 Å². The molecule has 0 radical (unpaired) electrons. The highest BCUT2D eigenvalue weighted by Gasteiger charge is 2.14. The van der Waals surface area contributed by atoms with Crippen molar-refractivity contribution in [2.24, 2.45) is 5.92 Å². The van der Waals surface area contributed by atoms with Crippen LogP contribution >= 0.6 is 0 Å². The van der Waals surface area contributed by atoms with Gasteiger partial charge >= 0.3 is 0 Å². The third-order valence-electron chi connectivity index (χ3n) is 2.87. The van der Waals surface area contributed by atoms with E-state index in [1.54, 1.807) is 6.92 Å². The molecule has 0 aromatic heterocycles. The maximum Gasteiger partial charge on any atom is 0.223 e. The van der Waals surface area contributed by atoms with E-state index in [0.29, 0.717) is 6.54 Å². The van der Waals surface area contributed by atoms with Crippen molar-refractivity contribution in [2.45, 2.75) is 65.4 Å². The molecule has 0 aliphatic carbocycles. The Morgan fingerprint density at radius 3 is 2.44 bits per heavy atom. The van der Waals surface area contributed by atoms with Gasteiger partial charge in [0.05, 0.1) is 6.10 Å². The average Bonchev–Trinajstić information content (AvgIpc) is 2.25. The van der Waals surface area contributed by atoms with Crippen LogP contribution in [0, 0.1) is 5.92 Å². The van der Waals surface area contributed by atoms with E-state index >= 15 is 0 Å². The molecule has 1 amide bonds. The van der Waals surface area contributed by atoms with Crippen molar-refractivity contribution in [3.8, 4) is 0 Å². The molecular weight excluding hydrogens is 202 g/mol. The molecule has 0 saturated heterocycles. The number of hydrogen-bond acceptors (Lipinski definition) is 2. The molecule has 16 heavy (non-hydrogen) atoms. The van der Waals surface area contributed by atoms with Crippen molar-refractivity contribution in [3.63, 3.8) is 0 Å². The van der Waals surface area contributed by atoms with Gasteiger partial charge in [0.2, 0.25) is 5.91 Å². The number of rotatable bonds is 9. The summed E-state index contributed by atoms with van der Waals surface area (Å²) < 4.78 is 0. The van der Waals surface area contributed by atoms with Gasteiger partial charge in [0.25, 0.3) is 0 Å². The minimum absolute atomic E-state index is 0.173. The van der Waals surface area contributed by atoms with E-state index in [-0.39, 0.29) is 17.9 Å². The number of carbonyl (C=O) groups is 1. The largest absolute Gasteiger partial charge is 0.393 e. The zero-order valence-corrected chi connectivity index (χ0v) is 11.0. The van der Waals surface area contributed by atoms with Gasteiger partial charge in [-0.3, -0.25) is 4.79 Å². The van der Waals surface area contributed by atoms with Gasteiger partial charge in [-0.15, -0.1) is 0 Å². The summed E-state index contributed by atoms with van der Waals surface area (Å²) in [7, 11) is 0. The molecule has 2 atom stereocenters. The molecule has 2 N–H and O–H groups in total. The van der Waals surface area contributed by atoms with Gasteiger partial charge in [0, 0.05) is 12.5 Å². The van der Waals surface area contributed by atoms with Gasteiger partial charge in [0.1, 0.15) is 0 Å². The number of amides is 1. The van der Waals surface area contributed by atoms with Crippen molar-refractivity contribution in [3.05, 3.63) is 0 Å². The van der Waals surface area contributed by atoms with E-state index in [1.165, 1.54) is 0 Å². The fourth-order valence-electron chi connectivity index (χ4n) is 1.72. The second-order valence-corrected chi connectivity index (χ2v) is 4.53. The van der Waals surface area contributed by atoms with Gasteiger partial charge < -0.3 is 10.4 Å². The number of unbranched alkanes of at least 4 members (excludes halogenated alkanes) is 1. The minimum Gasteiger partial charge on any atom is -0.393 e. The van der Waals surface area contributed by atoms with Crippen LogP contribution in [0.25, 0.3) is 0 Å². The molecule has 0 aromatic carbocycles. The van der Waals surface area contributed by atoms with E-state index in [2.05, 4.69) is 19.2 Å². The molecule has 0 bridgehead atoms. The highest BCUT2D eigenvalue weighted by molar-refractivity contribution is 5.78. The highest BCUT2D eigenvalue weighted by atomic mass is 16.3. The predicted molar refractivity (Wildman–Crippen MR) is 67.2 cm³/mol. The van der Waals surface area contributed by atoms with Gasteiger partial charge in [-0.1, -0.05) is 26.7 Å². The van der Waals surface area contributed by atoms with Crippen LogP contribution in [0.3, 0.4) is 0 Å². The van der Waals surface area contributed by atoms with Crippen molar-refractivity contribution in [1.29, 1.82) is 0 Å². The molecule has 0 aliphatic heterocycles. The standard InChI is InChI=1S/C13H27NO2/c1-4-6-9-12(5-2)13(16)14-10-7-8-11(3)15/h11-12,15H,4-10H2,1-3H3,(H,14,16). The number of aliphatic hydroxyl groups excluding tert-OH is 1. The third kappa shape index (κ3) is 7.69. The fraction of sp³-hybridized carbons (Fsp3) is 0.923. The summed E-state index contributed by atoms with van der Waals surface area (Å²) in [5.74, 6) is 0.355. The summed E-state index contributed by atoms with van der Waals surface area (Å²) in [4.78, 5) is 11.8. The van der Waals surface area contributed by atoms with E-state index in [1.807, 2.05) is 0 Å². The first-order valence-electron chi connectivity index (χ1n) is 6.57. The number of aliphatic hydroxyl groups is 1. The van der Waals surface area contributed by atoms with Gasteiger partial charge in [0.15, 0.2) is 0 Å². The van der Waals surface area contributed by atoms with Crippen molar-refractivity contribution in [2.75, 3.05) is 6.54 Å². The molecule has 0 aliphatic rings. The zero-order chi connectivity index (χ0) is 12.4. The lowest BCUT2D eigenvalue weighted by Gasteiger charge is -2.14. The van der Waals surface area contributed by atoms with Crippen molar-refractivity contribution >= 4 is 5.91 Å². The second kappa shape index (κ2) is 9.64. The molecule has 0 saturated carbocycles. The number of nitrogens with one attached hydrogen (secondary N) is 1. The smallest absolute Gasteiger partial charge is 0.223 e. The Balaban J connectivity index is 3.66. The first-order valence-corrected chi connectivity index (χ1v) is 6.57. The SMILES string of the molecule is CCCCC(CC)C(=O)NCCCC(C)O. The summed E-state index contributed by atoms with van der Waals surface area (Å²) in [6.45, 7) is 6.67. The molecule has 0 spiro atoms. The monoisotopic (exact) mass is 229 g/mol. The zero-order valence-electron chi connectivity index (χ0n) is 11.0. The molecule has 96 valence electrons. The lowest BCUT2D eigenvalue weighted by atomic mass is 9.98. The topological polar surface area (TPSA) is 49.3 Å². The number of hydrogen-bond donors (Lipinski definition) is 2. The summed E-state index contributed by atoms with van der Waals surface area (Å²) in [6.07, 6.45) is 5.53. The Morgan fingerprint density at radius 1 is 1.25 bits per heavy atom. The molecule has 3 heteroatoms. The normalized spacial score (nSPS) is 14.5. The molecule has 0 rings (SSSR count). The molecule has 0 fully saturated rings. The molecule has 3 nitrogen and oxygen atoms in total. The van der Waals surface area contributed by atoms with Crippen LogP contribution in [0.15, 0.2) is 0 Å². The second-order valence-electron chi connectivity index (χ2n) is 4.53.